The number of pyridine rings is 2. The Morgan fingerprint density at radius 2 is 2.06 bits per heavy atom. The Morgan fingerprint density at radius 1 is 1.18 bits per heavy atom. The number of anilines is 1. The zero-order valence-electron chi connectivity index (χ0n) is 9.68. The molecule has 2 aromatic rings. The SMILES string of the molecule is CN(CCc1ccccn1)c1cccc(Cl)n1. The first kappa shape index (κ1) is 11.9. The molecule has 17 heavy (non-hydrogen) atoms. The van der Waals surface area contributed by atoms with Crippen LogP contribution in [0, 0.1) is 0 Å². The average Bonchev–Trinajstić information content (AvgIpc) is 2.37. The maximum Gasteiger partial charge on any atom is 0.131 e. The van der Waals surface area contributed by atoms with Crippen LogP contribution in [0.5, 0.6) is 0 Å². The fraction of sp³-hybridized carbons (Fsp3) is 0.231. The second-order valence-corrected chi connectivity index (χ2v) is 4.20. The predicted octanol–water partition coefficient (Wildman–Crippen LogP) is 2.81. The zero-order chi connectivity index (χ0) is 12.1. The van der Waals surface area contributed by atoms with E-state index in [1.807, 2.05) is 43.6 Å². The Balaban J connectivity index is 1.96. The molecule has 0 saturated carbocycles. The largest absolute Gasteiger partial charge is 0.359 e. The third kappa shape index (κ3) is 3.43. The third-order valence-electron chi connectivity index (χ3n) is 2.52. The summed E-state index contributed by atoms with van der Waals surface area (Å²) >= 11 is 5.86. The van der Waals surface area contributed by atoms with E-state index in [-0.39, 0.29) is 0 Å². The Morgan fingerprint density at radius 3 is 2.76 bits per heavy atom. The Labute approximate surface area is 106 Å². The Bertz CT molecular complexity index is 473. The van der Waals surface area contributed by atoms with Crippen LogP contribution in [0.3, 0.4) is 0 Å². The molecule has 0 N–H and O–H groups in total. The van der Waals surface area contributed by atoms with E-state index in [1.165, 1.54) is 0 Å². The van der Waals surface area contributed by atoms with Gasteiger partial charge in [0.15, 0.2) is 0 Å². The first-order valence-corrected chi connectivity index (χ1v) is 5.87. The van der Waals surface area contributed by atoms with E-state index >= 15 is 0 Å². The average molecular weight is 248 g/mol. The number of likely N-dealkylation sites (N-methyl/N-ethyl adjacent to an activating group) is 1. The van der Waals surface area contributed by atoms with Gasteiger partial charge in [0.1, 0.15) is 11.0 Å². The molecule has 0 radical (unpaired) electrons. The third-order valence-corrected chi connectivity index (χ3v) is 2.73. The highest BCUT2D eigenvalue weighted by atomic mass is 35.5. The van der Waals surface area contributed by atoms with Gasteiger partial charge in [0.2, 0.25) is 0 Å². The van der Waals surface area contributed by atoms with Crippen molar-refractivity contribution in [1.82, 2.24) is 9.97 Å². The molecule has 0 saturated heterocycles. The van der Waals surface area contributed by atoms with Gasteiger partial charge in [0.05, 0.1) is 0 Å². The van der Waals surface area contributed by atoms with E-state index in [1.54, 1.807) is 6.07 Å². The molecule has 0 bridgehead atoms. The lowest BCUT2D eigenvalue weighted by atomic mass is 10.2. The van der Waals surface area contributed by atoms with Crippen molar-refractivity contribution in [3.05, 3.63) is 53.4 Å². The van der Waals surface area contributed by atoms with Crippen molar-refractivity contribution in [1.29, 1.82) is 0 Å². The molecule has 2 heterocycles. The van der Waals surface area contributed by atoms with Crippen LogP contribution in [0.2, 0.25) is 5.15 Å². The molecule has 88 valence electrons. The summed E-state index contributed by atoms with van der Waals surface area (Å²) in [7, 11) is 2.00. The van der Waals surface area contributed by atoms with E-state index in [2.05, 4.69) is 14.9 Å². The van der Waals surface area contributed by atoms with Crippen LogP contribution in [0.15, 0.2) is 42.6 Å². The minimum Gasteiger partial charge on any atom is -0.359 e. The minimum atomic E-state index is 0.521. The van der Waals surface area contributed by atoms with E-state index < -0.39 is 0 Å². The van der Waals surface area contributed by atoms with Crippen molar-refractivity contribution in [2.45, 2.75) is 6.42 Å². The van der Waals surface area contributed by atoms with Gasteiger partial charge in [0, 0.05) is 31.9 Å². The summed E-state index contributed by atoms with van der Waals surface area (Å²) in [6, 6.07) is 11.6. The number of halogens is 1. The van der Waals surface area contributed by atoms with Crippen molar-refractivity contribution in [3.63, 3.8) is 0 Å². The molecule has 0 aliphatic carbocycles. The second kappa shape index (κ2) is 5.64. The summed E-state index contributed by atoms with van der Waals surface area (Å²) in [5.41, 5.74) is 1.08. The highest BCUT2D eigenvalue weighted by Crippen LogP contribution is 2.13. The second-order valence-electron chi connectivity index (χ2n) is 3.81. The molecular weight excluding hydrogens is 234 g/mol. The van der Waals surface area contributed by atoms with Crippen molar-refractivity contribution in [3.8, 4) is 0 Å². The van der Waals surface area contributed by atoms with Crippen LogP contribution in [0.25, 0.3) is 0 Å². The molecular formula is C13H14ClN3. The van der Waals surface area contributed by atoms with Gasteiger partial charge in [-0.05, 0) is 24.3 Å². The van der Waals surface area contributed by atoms with Gasteiger partial charge in [-0.1, -0.05) is 23.7 Å². The van der Waals surface area contributed by atoms with Crippen molar-refractivity contribution >= 4 is 17.4 Å². The molecule has 0 aliphatic rings. The molecule has 0 aliphatic heterocycles. The Kier molecular flexibility index (Phi) is 3.94. The smallest absolute Gasteiger partial charge is 0.131 e. The topological polar surface area (TPSA) is 29.0 Å². The van der Waals surface area contributed by atoms with Crippen LogP contribution < -0.4 is 4.90 Å². The summed E-state index contributed by atoms with van der Waals surface area (Å²) in [6.45, 7) is 0.865. The summed E-state index contributed by atoms with van der Waals surface area (Å²) < 4.78 is 0. The molecule has 0 amide bonds. The summed E-state index contributed by atoms with van der Waals surface area (Å²) in [6.07, 6.45) is 2.71. The predicted molar refractivity (Wildman–Crippen MR) is 70.5 cm³/mol. The maximum absolute atomic E-state index is 5.86. The number of aromatic nitrogens is 2. The van der Waals surface area contributed by atoms with Crippen LogP contribution in [-0.4, -0.2) is 23.6 Å². The number of hydrogen-bond donors (Lipinski definition) is 0. The first-order chi connectivity index (χ1) is 8.25. The molecule has 0 aromatic carbocycles. The summed E-state index contributed by atoms with van der Waals surface area (Å²) in [4.78, 5) is 10.6. The van der Waals surface area contributed by atoms with Crippen LogP contribution in [0.1, 0.15) is 5.69 Å². The molecule has 0 unspecified atom stereocenters. The van der Waals surface area contributed by atoms with Gasteiger partial charge in [-0.3, -0.25) is 4.98 Å². The minimum absolute atomic E-state index is 0.521. The molecule has 0 spiro atoms. The van der Waals surface area contributed by atoms with Crippen molar-refractivity contribution in [2.24, 2.45) is 0 Å². The summed E-state index contributed by atoms with van der Waals surface area (Å²) in [5, 5.41) is 0.521. The van der Waals surface area contributed by atoms with Gasteiger partial charge in [-0.15, -0.1) is 0 Å². The maximum atomic E-state index is 5.86. The lowest BCUT2D eigenvalue weighted by Crippen LogP contribution is -2.21. The molecule has 3 nitrogen and oxygen atoms in total. The fourth-order valence-electron chi connectivity index (χ4n) is 1.55. The van der Waals surface area contributed by atoms with Gasteiger partial charge < -0.3 is 4.90 Å². The highest BCUT2D eigenvalue weighted by molar-refractivity contribution is 6.29. The van der Waals surface area contributed by atoms with Gasteiger partial charge >= 0.3 is 0 Å². The monoisotopic (exact) mass is 247 g/mol. The summed E-state index contributed by atoms with van der Waals surface area (Å²) in [5.74, 6) is 0.883. The number of rotatable bonds is 4. The molecule has 0 atom stereocenters. The van der Waals surface area contributed by atoms with Crippen molar-refractivity contribution in [2.75, 3.05) is 18.5 Å². The molecule has 4 heteroatoms. The lowest BCUT2D eigenvalue weighted by Gasteiger charge is -2.17. The van der Waals surface area contributed by atoms with Gasteiger partial charge in [-0.2, -0.15) is 0 Å². The van der Waals surface area contributed by atoms with E-state index in [0.29, 0.717) is 5.15 Å². The molecule has 0 fully saturated rings. The van der Waals surface area contributed by atoms with Crippen LogP contribution in [0.4, 0.5) is 5.82 Å². The number of nitrogens with zero attached hydrogens (tertiary/aromatic N) is 3. The van der Waals surface area contributed by atoms with E-state index in [0.717, 1.165) is 24.5 Å². The quantitative estimate of drug-likeness (QED) is 0.778. The lowest BCUT2D eigenvalue weighted by molar-refractivity contribution is 0.839. The van der Waals surface area contributed by atoms with Gasteiger partial charge in [-0.25, -0.2) is 4.98 Å². The molecule has 2 rings (SSSR count). The number of hydrogen-bond acceptors (Lipinski definition) is 3. The van der Waals surface area contributed by atoms with Crippen LogP contribution >= 0.6 is 11.6 Å². The fourth-order valence-corrected chi connectivity index (χ4v) is 1.71. The van der Waals surface area contributed by atoms with E-state index in [9.17, 15) is 0 Å². The Hall–Kier alpha value is -1.61. The van der Waals surface area contributed by atoms with Crippen LogP contribution in [-0.2, 0) is 6.42 Å². The van der Waals surface area contributed by atoms with Gasteiger partial charge in [0.25, 0.3) is 0 Å². The highest BCUT2D eigenvalue weighted by Gasteiger charge is 2.03. The standard InChI is InChI=1S/C13H14ClN3/c1-17(13-7-4-6-12(14)16-13)10-8-11-5-2-3-9-15-11/h2-7,9H,8,10H2,1H3. The van der Waals surface area contributed by atoms with E-state index in [4.69, 9.17) is 11.6 Å². The van der Waals surface area contributed by atoms with Crippen molar-refractivity contribution < 1.29 is 0 Å². The zero-order valence-corrected chi connectivity index (χ0v) is 10.4. The first-order valence-electron chi connectivity index (χ1n) is 5.49. The molecule has 2 aromatic heterocycles. The normalized spacial score (nSPS) is 10.2.